The highest BCUT2D eigenvalue weighted by molar-refractivity contribution is 7.13. The van der Waals surface area contributed by atoms with E-state index in [1.54, 1.807) is 17.5 Å². The number of amides is 1. The summed E-state index contributed by atoms with van der Waals surface area (Å²) >= 11 is 13.9. The molecular formula is C27H21Cl2F3N4O2S. The molecule has 0 bridgehead atoms. The number of ether oxygens (including phenoxy) is 1. The molecule has 0 saturated heterocycles. The molecule has 0 unspecified atom stereocenters. The van der Waals surface area contributed by atoms with Crippen LogP contribution in [0, 0.1) is 6.92 Å². The lowest BCUT2D eigenvalue weighted by atomic mass is 10.1. The minimum absolute atomic E-state index is 0.0780. The Morgan fingerprint density at radius 2 is 1.85 bits per heavy atom. The molecule has 0 radical (unpaired) electrons. The zero-order valence-corrected chi connectivity index (χ0v) is 22.7. The summed E-state index contributed by atoms with van der Waals surface area (Å²) < 4.78 is 44.5. The summed E-state index contributed by atoms with van der Waals surface area (Å²) in [6.07, 6.45) is -3.13. The van der Waals surface area contributed by atoms with Crippen LogP contribution < -0.4 is 15.5 Å². The monoisotopic (exact) mass is 592 g/mol. The molecule has 0 atom stereocenters. The van der Waals surface area contributed by atoms with E-state index < -0.39 is 17.6 Å². The van der Waals surface area contributed by atoms with Gasteiger partial charge in [-0.2, -0.15) is 18.3 Å². The summed E-state index contributed by atoms with van der Waals surface area (Å²) in [7, 11) is 0. The average Bonchev–Trinajstić information content (AvgIpc) is 3.29. The lowest BCUT2D eigenvalue weighted by Gasteiger charge is -2.11. The van der Waals surface area contributed by atoms with Gasteiger partial charge in [0, 0.05) is 11.1 Å². The van der Waals surface area contributed by atoms with Crippen LogP contribution >= 0.6 is 34.5 Å². The predicted molar refractivity (Wildman–Crippen MR) is 148 cm³/mol. The van der Waals surface area contributed by atoms with Crippen molar-refractivity contribution >= 4 is 57.5 Å². The maximum atomic E-state index is 12.9. The first-order chi connectivity index (χ1) is 18.6. The van der Waals surface area contributed by atoms with Crippen molar-refractivity contribution in [1.29, 1.82) is 0 Å². The molecule has 6 nitrogen and oxygen atoms in total. The highest BCUT2D eigenvalue weighted by atomic mass is 35.5. The van der Waals surface area contributed by atoms with Crippen LogP contribution in [0.3, 0.4) is 0 Å². The minimum Gasteiger partial charge on any atom is -0.486 e. The number of hydrazone groups is 1. The molecule has 0 aliphatic rings. The zero-order valence-electron chi connectivity index (χ0n) is 20.4. The molecule has 202 valence electrons. The van der Waals surface area contributed by atoms with Gasteiger partial charge in [0.25, 0.3) is 0 Å². The van der Waals surface area contributed by atoms with E-state index in [1.807, 2.05) is 31.2 Å². The third kappa shape index (κ3) is 8.19. The molecule has 4 rings (SSSR count). The molecule has 1 aromatic heterocycles. The number of benzene rings is 3. The number of aryl methyl sites for hydroxylation is 1. The lowest BCUT2D eigenvalue weighted by molar-refractivity contribution is -0.137. The Hall–Kier alpha value is -3.60. The van der Waals surface area contributed by atoms with Crippen LogP contribution in [0.15, 0.2) is 71.1 Å². The topological polar surface area (TPSA) is 75.6 Å². The van der Waals surface area contributed by atoms with Crippen LogP contribution in [0.5, 0.6) is 5.75 Å². The molecule has 0 fully saturated rings. The van der Waals surface area contributed by atoms with Crippen LogP contribution in [-0.2, 0) is 24.0 Å². The van der Waals surface area contributed by atoms with E-state index in [2.05, 4.69) is 20.8 Å². The first kappa shape index (κ1) is 28.4. The Bertz CT molecular complexity index is 1490. The van der Waals surface area contributed by atoms with Crippen molar-refractivity contribution in [3.8, 4) is 5.75 Å². The predicted octanol–water partition coefficient (Wildman–Crippen LogP) is 7.79. The van der Waals surface area contributed by atoms with E-state index in [1.165, 1.54) is 18.3 Å². The SMILES string of the molecule is Cc1cccc(COc2c(Cl)cc(/C=N\NC(=O)Cc3csc(Nc4cccc(C(F)(F)F)c4)n3)cc2Cl)c1. The fraction of sp³-hybridized carbons (Fsp3) is 0.148. The number of hydrogen-bond donors (Lipinski definition) is 2. The maximum absolute atomic E-state index is 12.9. The highest BCUT2D eigenvalue weighted by Gasteiger charge is 2.30. The molecule has 1 amide bonds. The van der Waals surface area contributed by atoms with E-state index in [4.69, 9.17) is 27.9 Å². The number of alkyl halides is 3. The molecule has 3 aromatic carbocycles. The van der Waals surface area contributed by atoms with Crippen molar-refractivity contribution in [3.05, 3.63) is 104 Å². The lowest BCUT2D eigenvalue weighted by Crippen LogP contribution is -2.19. The molecule has 0 saturated carbocycles. The molecule has 39 heavy (non-hydrogen) atoms. The molecule has 2 N–H and O–H groups in total. The molecule has 0 spiro atoms. The van der Waals surface area contributed by atoms with Crippen molar-refractivity contribution in [1.82, 2.24) is 10.4 Å². The zero-order chi connectivity index (χ0) is 28.0. The summed E-state index contributed by atoms with van der Waals surface area (Å²) in [5.74, 6) is -0.0865. The van der Waals surface area contributed by atoms with Crippen LogP contribution in [0.1, 0.15) is 27.9 Å². The van der Waals surface area contributed by atoms with Crippen molar-refractivity contribution in [2.45, 2.75) is 26.1 Å². The summed E-state index contributed by atoms with van der Waals surface area (Å²) in [6.45, 7) is 2.30. The third-order valence-electron chi connectivity index (χ3n) is 5.22. The highest BCUT2D eigenvalue weighted by Crippen LogP contribution is 2.35. The van der Waals surface area contributed by atoms with Crippen LogP contribution in [-0.4, -0.2) is 17.1 Å². The summed E-state index contributed by atoms with van der Waals surface area (Å²) in [5, 5.41) is 9.34. The number of thiazole rings is 1. The van der Waals surface area contributed by atoms with Crippen molar-refractivity contribution in [3.63, 3.8) is 0 Å². The van der Waals surface area contributed by atoms with Crippen LogP contribution in [0.4, 0.5) is 24.0 Å². The molecule has 12 heteroatoms. The van der Waals surface area contributed by atoms with Gasteiger partial charge in [-0.15, -0.1) is 11.3 Å². The third-order valence-corrected chi connectivity index (χ3v) is 6.59. The van der Waals surface area contributed by atoms with Gasteiger partial charge in [0.2, 0.25) is 5.91 Å². The van der Waals surface area contributed by atoms with Crippen LogP contribution in [0.2, 0.25) is 10.0 Å². The number of halogens is 5. The largest absolute Gasteiger partial charge is 0.486 e. The quantitative estimate of drug-likeness (QED) is 0.154. The first-order valence-corrected chi connectivity index (χ1v) is 13.1. The summed E-state index contributed by atoms with van der Waals surface area (Å²) in [5.41, 5.74) is 4.95. The average molecular weight is 593 g/mol. The second-order valence-electron chi connectivity index (χ2n) is 8.41. The molecule has 4 aromatic rings. The van der Waals surface area contributed by atoms with E-state index in [-0.39, 0.29) is 12.1 Å². The second kappa shape index (κ2) is 12.5. The second-order valence-corrected chi connectivity index (χ2v) is 10.1. The van der Waals surface area contributed by atoms with Crippen molar-refractivity contribution < 1.29 is 22.7 Å². The smallest absolute Gasteiger partial charge is 0.416 e. The van der Waals surface area contributed by atoms with Gasteiger partial charge in [-0.3, -0.25) is 4.79 Å². The number of nitrogens with zero attached hydrogens (tertiary/aromatic N) is 2. The Morgan fingerprint density at radius 3 is 2.56 bits per heavy atom. The first-order valence-electron chi connectivity index (χ1n) is 11.4. The number of anilines is 2. The van der Waals surface area contributed by atoms with E-state index in [9.17, 15) is 18.0 Å². The van der Waals surface area contributed by atoms with E-state index in [0.29, 0.717) is 38.8 Å². The van der Waals surface area contributed by atoms with Gasteiger partial charge in [-0.1, -0.05) is 59.1 Å². The van der Waals surface area contributed by atoms with Gasteiger partial charge in [0.05, 0.1) is 33.9 Å². The van der Waals surface area contributed by atoms with E-state index >= 15 is 0 Å². The van der Waals surface area contributed by atoms with Crippen molar-refractivity contribution in [2.75, 3.05) is 5.32 Å². The Labute approximate surface area is 236 Å². The number of aromatic nitrogens is 1. The fourth-order valence-corrected chi connectivity index (χ4v) is 4.82. The molecule has 1 heterocycles. The van der Waals surface area contributed by atoms with Gasteiger partial charge < -0.3 is 10.1 Å². The molecule has 0 aliphatic heterocycles. The number of carbonyl (C=O) groups excluding carboxylic acids is 1. The number of rotatable bonds is 9. The number of carbonyl (C=O) groups is 1. The van der Waals surface area contributed by atoms with Gasteiger partial charge in [-0.25, -0.2) is 10.4 Å². The summed E-state index contributed by atoms with van der Waals surface area (Å²) in [4.78, 5) is 16.5. The standard InChI is InChI=1S/C27H21Cl2F3N4O2S/c1-16-4-2-5-17(8-16)14-38-25-22(28)9-18(10-23(25)29)13-33-36-24(37)12-21-15-39-26(35-21)34-20-7-3-6-19(11-20)27(30,31)32/h2-11,13,15H,12,14H2,1H3,(H,34,35)(H,36,37)/b33-13-. The Morgan fingerprint density at radius 1 is 1.10 bits per heavy atom. The van der Waals surface area contributed by atoms with Crippen molar-refractivity contribution in [2.24, 2.45) is 5.10 Å². The Kier molecular flexibility index (Phi) is 9.11. The van der Waals surface area contributed by atoms with Crippen LogP contribution in [0.25, 0.3) is 0 Å². The number of hydrogen-bond acceptors (Lipinski definition) is 6. The molecule has 0 aliphatic carbocycles. The number of nitrogens with one attached hydrogen (secondary N) is 2. The Balaban J connectivity index is 1.30. The fourth-order valence-electron chi connectivity index (χ4n) is 3.47. The van der Waals surface area contributed by atoms with Gasteiger partial charge in [0.15, 0.2) is 10.9 Å². The normalized spacial score (nSPS) is 11.5. The summed E-state index contributed by atoms with van der Waals surface area (Å²) in [6, 6.07) is 15.9. The van der Waals surface area contributed by atoms with Gasteiger partial charge in [-0.05, 0) is 48.4 Å². The van der Waals surface area contributed by atoms with E-state index in [0.717, 1.165) is 34.6 Å². The van der Waals surface area contributed by atoms with Gasteiger partial charge >= 0.3 is 6.18 Å². The van der Waals surface area contributed by atoms with Gasteiger partial charge in [0.1, 0.15) is 6.61 Å². The maximum Gasteiger partial charge on any atom is 0.416 e. The minimum atomic E-state index is -4.45. The molecular weight excluding hydrogens is 572 g/mol.